The minimum Gasteiger partial charge on any atom is -0.481 e. The molecule has 1 aromatic rings. The minimum absolute atomic E-state index is 0.0947. The Labute approximate surface area is 123 Å². The van der Waals surface area contributed by atoms with Crippen LogP contribution < -0.4 is 0 Å². The third kappa shape index (κ3) is 4.03. The van der Waals surface area contributed by atoms with Crippen LogP contribution in [0.15, 0.2) is 18.2 Å². The monoisotopic (exact) mass is 293 g/mol. The Hall–Kier alpha value is -1.91. The second kappa shape index (κ2) is 6.70. The molecule has 4 nitrogen and oxygen atoms in total. The third-order valence-electron chi connectivity index (χ3n) is 3.95. The van der Waals surface area contributed by atoms with E-state index in [2.05, 4.69) is 0 Å². The van der Waals surface area contributed by atoms with Gasteiger partial charge >= 0.3 is 5.97 Å². The first-order valence-electron chi connectivity index (χ1n) is 7.24. The molecular weight excluding hydrogens is 273 g/mol. The Morgan fingerprint density at radius 3 is 2.76 bits per heavy atom. The molecule has 114 valence electrons. The summed E-state index contributed by atoms with van der Waals surface area (Å²) in [5, 5.41) is 8.84. The number of benzene rings is 1. The quantitative estimate of drug-likeness (QED) is 0.932. The zero-order valence-corrected chi connectivity index (χ0v) is 12.1. The number of carboxylic acid groups (broad SMARTS) is 1. The average molecular weight is 293 g/mol. The highest BCUT2D eigenvalue weighted by atomic mass is 19.1. The molecule has 0 aromatic heterocycles. The zero-order valence-electron chi connectivity index (χ0n) is 12.1. The Balaban J connectivity index is 2.04. The largest absolute Gasteiger partial charge is 0.481 e. The van der Waals surface area contributed by atoms with E-state index in [1.165, 1.54) is 12.1 Å². The molecule has 0 saturated carbocycles. The fourth-order valence-electron chi connectivity index (χ4n) is 2.78. The molecular formula is C16H20FNO3. The van der Waals surface area contributed by atoms with Gasteiger partial charge in [0, 0.05) is 19.5 Å². The van der Waals surface area contributed by atoms with Crippen molar-refractivity contribution >= 4 is 11.9 Å². The van der Waals surface area contributed by atoms with Gasteiger partial charge in [0.2, 0.25) is 0 Å². The maximum atomic E-state index is 13.9. The topological polar surface area (TPSA) is 57.6 Å². The molecule has 21 heavy (non-hydrogen) atoms. The van der Waals surface area contributed by atoms with Crippen LogP contribution in [0.5, 0.6) is 0 Å². The zero-order chi connectivity index (χ0) is 15.4. The highest BCUT2D eigenvalue weighted by Crippen LogP contribution is 2.22. The van der Waals surface area contributed by atoms with Gasteiger partial charge in [0.05, 0.1) is 5.56 Å². The average Bonchev–Trinajstić information content (AvgIpc) is 2.63. The predicted octanol–water partition coefficient (Wildman–Crippen LogP) is 2.85. The van der Waals surface area contributed by atoms with E-state index in [-0.39, 0.29) is 23.8 Å². The second-order valence-electron chi connectivity index (χ2n) is 5.67. The van der Waals surface area contributed by atoms with Crippen LogP contribution in [0.25, 0.3) is 0 Å². The molecule has 1 aliphatic rings. The molecule has 5 heteroatoms. The van der Waals surface area contributed by atoms with E-state index in [1.54, 1.807) is 17.9 Å². The maximum Gasteiger partial charge on any atom is 0.303 e. The summed E-state index contributed by atoms with van der Waals surface area (Å²) < 4.78 is 13.9. The summed E-state index contributed by atoms with van der Waals surface area (Å²) in [7, 11) is 0. The Morgan fingerprint density at radius 2 is 2.10 bits per heavy atom. The van der Waals surface area contributed by atoms with Crippen molar-refractivity contribution in [3.05, 3.63) is 35.1 Å². The molecule has 0 unspecified atom stereocenters. The van der Waals surface area contributed by atoms with Crippen molar-refractivity contribution in [2.75, 3.05) is 13.1 Å². The van der Waals surface area contributed by atoms with E-state index >= 15 is 0 Å². The van der Waals surface area contributed by atoms with Crippen molar-refractivity contribution in [3.8, 4) is 0 Å². The number of hydrogen-bond donors (Lipinski definition) is 1. The number of amides is 1. The van der Waals surface area contributed by atoms with E-state index in [9.17, 15) is 14.0 Å². The van der Waals surface area contributed by atoms with E-state index in [0.29, 0.717) is 19.5 Å². The van der Waals surface area contributed by atoms with Crippen molar-refractivity contribution in [2.45, 2.75) is 32.6 Å². The summed E-state index contributed by atoms with van der Waals surface area (Å²) in [6.45, 7) is 2.83. The highest BCUT2D eigenvalue weighted by molar-refractivity contribution is 5.94. The van der Waals surface area contributed by atoms with Crippen LogP contribution in [0.3, 0.4) is 0 Å². The Morgan fingerprint density at radius 1 is 1.33 bits per heavy atom. The Bertz CT molecular complexity index is 544. The molecule has 1 fully saturated rings. The molecule has 1 aliphatic heterocycles. The molecule has 1 N–H and O–H groups in total. The lowest BCUT2D eigenvalue weighted by Gasteiger charge is -2.21. The number of carbonyl (C=O) groups is 2. The second-order valence-corrected chi connectivity index (χ2v) is 5.67. The van der Waals surface area contributed by atoms with Crippen molar-refractivity contribution in [1.29, 1.82) is 0 Å². The van der Waals surface area contributed by atoms with Gasteiger partial charge in [0.15, 0.2) is 0 Å². The summed E-state index contributed by atoms with van der Waals surface area (Å²) in [5.41, 5.74) is 0.874. The van der Waals surface area contributed by atoms with Crippen LogP contribution in [0, 0.1) is 18.7 Å². The van der Waals surface area contributed by atoms with Gasteiger partial charge in [0.25, 0.3) is 5.91 Å². The van der Waals surface area contributed by atoms with Crippen molar-refractivity contribution < 1.29 is 19.1 Å². The van der Waals surface area contributed by atoms with Gasteiger partial charge in [-0.2, -0.15) is 0 Å². The molecule has 0 aliphatic carbocycles. The molecule has 1 saturated heterocycles. The van der Waals surface area contributed by atoms with Crippen LogP contribution >= 0.6 is 0 Å². The minimum atomic E-state index is -0.802. The molecule has 0 radical (unpaired) electrons. The summed E-state index contributed by atoms with van der Waals surface area (Å²) >= 11 is 0. The van der Waals surface area contributed by atoms with Gasteiger partial charge in [-0.05, 0) is 49.8 Å². The third-order valence-corrected chi connectivity index (χ3v) is 3.95. The Kier molecular flexibility index (Phi) is 4.94. The lowest BCUT2D eigenvalue weighted by atomic mass is 9.97. The number of rotatable bonds is 3. The van der Waals surface area contributed by atoms with Gasteiger partial charge in [-0.1, -0.05) is 6.07 Å². The number of likely N-dealkylation sites (tertiary alicyclic amines) is 1. The fraction of sp³-hybridized carbons (Fsp3) is 0.500. The van der Waals surface area contributed by atoms with Crippen LogP contribution in [0.1, 0.15) is 41.6 Å². The van der Waals surface area contributed by atoms with Gasteiger partial charge in [0.1, 0.15) is 5.82 Å². The van der Waals surface area contributed by atoms with Crippen LogP contribution in [-0.2, 0) is 4.79 Å². The molecule has 0 bridgehead atoms. The number of aliphatic carboxylic acids is 1. The summed E-state index contributed by atoms with van der Waals surface area (Å²) in [5.74, 6) is -1.50. The van der Waals surface area contributed by atoms with Gasteiger partial charge in [-0.3, -0.25) is 9.59 Å². The summed E-state index contributed by atoms with van der Waals surface area (Å²) in [4.78, 5) is 24.8. The first-order chi connectivity index (χ1) is 9.97. The first kappa shape index (κ1) is 15.5. The predicted molar refractivity (Wildman–Crippen MR) is 76.6 cm³/mol. The smallest absolute Gasteiger partial charge is 0.303 e. The lowest BCUT2D eigenvalue weighted by molar-refractivity contribution is -0.138. The normalized spacial score (nSPS) is 19.1. The number of halogens is 1. The van der Waals surface area contributed by atoms with Crippen LogP contribution in [-0.4, -0.2) is 35.0 Å². The fourth-order valence-corrected chi connectivity index (χ4v) is 2.78. The lowest BCUT2D eigenvalue weighted by Crippen LogP contribution is -2.32. The van der Waals surface area contributed by atoms with Gasteiger partial charge in [-0.25, -0.2) is 4.39 Å². The molecule has 1 atom stereocenters. The SMILES string of the molecule is Cc1ccc(C(=O)N2CCC[C@H](CC(=O)O)CC2)c(F)c1. The number of nitrogens with zero attached hydrogens (tertiary/aromatic N) is 1. The number of carbonyl (C=O) groups excluding carboxylic acids is 1. The van der Waals surface area contributed by atoms with Crippen molar-refractivity contribution in [1.82, 2.24) is 4.90 Å². The maximum absolute atomic E-state index is 13.9. The first-order valence-corrected chi connectivity index (χ1v) is 7.24. The molecule has 0 spiro atoms. The van der Waals surface area contributed by atoms with E-state index in [1.807, 2.05) is 0 Å². The number of carboxylic acids is 1. The van der Waals surface area contributed by atoms with E-state index in [0.717, 1.165) is 18.4 Å². The van der Waals surface area contributed by atoms with Gasteiger partial charge < -0.3 is 10.0 Å². The van der Waals surface area contributed by atoms with Crippen molar-refractivity contribution in [2.24, 2.45) is 5.92 Å². The standard InChI is InChI=1S/C16H20FNO3/c1-11-4-5-13(14(17)9-11)16(21)18-7-2-3-12(6-8-18)10-15(19)20/h4-5,9,12H,2-3,6-8,10H2,1H3,(H,19,20)/t12-/m0/s1. The molecule has 1 amide bonds. The van der Waals surface area contributed by atoms with Crippen molar-refractivity contribution in [3.63, 3.8) is 0 Å². The highest BCUT2D eigenvalue weighted by Gasteiger charge is 2.24. The molecule has 1 heterocycles. The van der Waals surface area contributed by atoms with Crippen LogP contribution in [0.2, 0.25) is 0 Å². The molecule has 1 aromatic carbocycles. The van der Waals surface area contributed by atoms with E-state index < -0.39 is 11.8 Å². The summed E-state index contributed by atoms with van der Waals surface area (Å²) in [6.07, 6.45) is 2.36. The number of aryl methyl sites for hydroxylation is 1. The van der Waals surface area contributed by atoms with Crippen LogP contribution in [0.4, 0.5) is 4.39 Å². The summed E-state index contributed by atoms with van der Waals surface area (Å²) in [6, 6.07) is 4.60. The number of hydrogen-bond acceptors (Lipinski definition) is 2. The van der Waals surface area contributed by atoms with E-state index in [4.69, 9.17) is 5.11 Å². The van der Waals surface area contributed by atoms with Gasteiger partial charge in [-0.15, -0.1) is 0 Å². The molecule has 2 rings (SSSR count).